The van der Waals surface area contributed by atoms with Crippen molar-refractivity contribution in [3.05, 3.63) is 35.9 Å². The van der Waals surface area contributed by atoms with E-state index in [4.69, 9.17) is 5.11 Å². The molecule has 0 spiro atoms. The number of carbonyl (C=O) groups is 2. The van der Waals surface area contributed by atoms with Gasteiger partial charge in [0.05, 0.1) is 11.8 Å². The van der Waals surface area contributed by atoms with Crippen molar-refractivity contribution in [2.45, 2.75) is 24.6 Å². The summed E-state index contributed by atoms with van der Waals surface area (Å²) in [4.78, 5) is 21.1. The lowest BCUT2D eigenvalue weighted by Gasteiger charge is -2.12. The number of hydrogen-bond donors (Lipinski definition) is 2. The van der Waals surface area contributed by atoms with Crippen LogP contribution in [0.5, 0.6) is 0 Å². The molecule has 1 atom stereocenters. The predicted octanol–water partition coefficient (Wildman–Crippen LogP) is 0.538. The van der Waals surface area contributed by atoms with Gasteiger partial charge in [0, 0.05) is 6.42 Å². The third kappa shape index (κ3) is 6.12. The van der Waals surface area contributed by atoms with Gasteiger partial charge >= 0.3 is 5.97 Å². The number of aldehydes is 1. The molecule has 0 heterocycles. The Hall–Kier alpha value is -1.73. The van der Waals surface area contributed by atoms with Gasteiger partial charge in [0.15, 0.2) is 0 Å². The van der Waals surface area contributed by atoms with Crippen LogP contribution < -0.4 is 4.72 Å². The highest BCUT2D eigenvalue weighted by atomic mass is 32.2. The number of aliphatic carboxylic acids is 1. The molecule has 0 fully saturated rings. The largest absolute Gasteiger partial charge is 0.481 e. The second kappa shape index (κ2) is 7.01. The number of carbonyl (C=O) groups excluding carboxylic acids is 1. The molecule has 0 saturated heterocycles. The second-order valence-corrected chi connectivity index (χ2v) is 5.79. The molecule has 104 valence electrons. The fourth-order valence-electron chi connectivity index (χ4n) is 1.50. The Kier molecular flexibility index (Phi) is 5.65. The van der Waals surface area contributed by atoms with Crippen LogP contribution in [-0.4, -0.2) is 31.8 Å². The van der Waals surface area contributed by atoms with Crippen molar-refractivity contribution in [3.8, 4) is 0 Å². The van der Waals surface area contributed by atoms with Gasteiger partial charge in [0.1, 0.15) is 6.29 Å². The van der Waals surface area contributed by atoms with Crippen molar-refractivity contribution in [2.24, 2.45) is 0 Å². The van der Waals surface area contributed by atoms with Gasteiger partial charge in [-0.15, -0.1) is 0 Å². The quantitative estimate of drug-likeness (QED) is 0.679. The summed E-state index contributed by atoms with van der Waals surface area (Å²) in [6.07, 6.45) is 0.0790. The molecule has 1 aromatic rings. The molecule has 0 radical (unpaired) electrons. The van der Waals surface area contributed by atoms with Gasteiger partial charge < -0.3 is 9.90 Å². The zero-order valence-electron chi connectivity index (χ0n) is 10.2. The first-order valence-corrected chi connectivity index (χ1v) is 7.29. The zero-order valence-corrected chi connectivity index (χ0v) is 11.0. The van der Waals surface area contributed by atoms with Gasteiger partial charge in [-0.1, -0.05) is 30.3 Å². The average Bonchev–Trinajstić information content (AvgIpc) is 2.34. The van der Waals surface area contributed by atoms with E-state index < -0.39 is 22.0 Å². The Morgan fingerprint density at radius 3 is 2.47 bits per heavy atom. The summed E-state index contributed by atoms with van der Waals surface area (Å²) in [6.45, 7) is 0. The monoisotopic (exact) mass is 285 g/mol. The minimum absolute atomic E-state index is 0.0626. The third-order valence-corrected chi connectivity index (χ3v) is 3.74. The van der Waals surface area contributed by atoms with Crippen molar-refractivity contribution in [3.63, 3.8) is 0 Å². The van der Waals surface area contributed by atoms with Crippen LogP contribution in [0.3, 0.4) is 0 Å². The summed E-state index contributed by atoms with van der Waals surface area (Å²) >= 11 is 0. The number of benzene rings is 1. The van der Waals surface area contributed by atoms with E-state index in [9.17, 15) is 18.0 Å². The minimum atomic E-state index is -3.67. The molecule has 0 aliphatic rings. The second-order valence-electron chi connectivity index (χ2n) is 4.04. The Balaban J connectivity index is 2.62. The van der Waals surface area contributed by atoms with Crippen LogP contribution in [0.1, 0.15) is 18.4 Å². The molecule has 0 amide bonds. The molecule has 0 aromatic heterocycles. The standard InChI is InChI=1S/C12H15NO5S/c14-8-11(6-7-12(15)16)13-19(17,18)9-10-4-2-1-3-5-10/h1-5,8,11,13H,6-7,9H2,(H,15,16)/t11-/m0/s1. The summed E-state index contributed by atoms with van der Waals surface area (Å²) in [6, 6.07) is 7.51. The van der Waals surface area contributed by atoms with Gasteiger partial charge in [0.2, 0.25) is 10.0 Å². The first-order valence-electron chi connectivity index (χ1n) is 5.64. The fourth-order valence-corrected chi connectivity index (χ4v) is 2.85. The minimum Gasteiger partial charge on any atom is -0.481 e. The predicted molar refractivity (Wildman–Crippen MR) is 68.9 cm³/mol. The van der Waals surface area contributed by atoms with Crippen LogP contribution in [0.15, 0.2) is 30.3 Å². The molecular formula is C12H15NO5S. The smallest absolute Gasteiger partial charge is 0.303 e. The van der Waals surface area contributed by atoms with Crippen LogP contribution in [0.2, 0.25) is 0 Å². The highest BCUT2D eigenvalue weighted by Gasteiger charge is 2.18. The highest BCUT2D eigenvalue weighted by molar-refractivity contribution is 7.88. The van der Waals surface area contributed by atoms with Gasteiger partial charge in [-0.3, -0.25) is 4.79 Å². The van der Waals surface area contributed by atoms with E-state index in [1.165, 1.54) is 0 Å². The maximum Gasteiger partial charge on any atom is 0.303 e. The number of rotatable bonds is 8. The topological polar surface area (TPSA) is 101 Å². The Labute approximate surface area is 111 Å². The van der Waals surface area contributed by atoms with E-state index in [0.717, 1.165) is 0 Å². The summed E-state index contributed by atoms with van der Waals surface area (Å²) < 4.78 is 25.8. The highest BCUT2D eigenvalue weighted by Crippen LogP contribution is 2.06. The van der Waals surface area contributed by atoms with Crippen molar-refractivity contribution in [1.82, 2.24) is 4.72 Å². The Morgan fingerprint density at radius 2 is 1.95 bits per heavy atom. The van der Waals surface area contributed by atoms with Crippen molar-refractivity contribution in [2.75, 3.05) is 0 Å². The molecule has 0 saturated carbocycles. The lowest BCUT2D eigenvalue weighted by molar-refractivity contribution is -0.137. The Bertz CT molecular complexity index is 526. The number of hydrogen-bond acceptors (Lipinski definition) is 4. The summed E-state index contributed by atoms with van der Waals surface area (Å²) in [5, 5.41) is 8.50. The summed E-state index contributed by atoms with van der Waals surface area (Å²) in [5.74, 6) is -1.32. The van der Waals surface area contributed by atoms with Crippen LogP contribution in [0.4, 0.5) is 0 Å². The zero-order chi connectivity index (χ0) is 14.3. The number of sulfonamides is 1. The van der Waals surface area contributed by atoms with E-state index in [2.05, 4.69) is 4.72 Å². The third-order valence-electron chi connectivity index (χ3n) is 2.36. The number of carboxylic acids is 1. The first-order chi connectivity index (χ1) is 8.93. The van der Waals surface area contributed by atoms with Crippen molar-refractivity contribution >= 4 is 22.3 Å². The SMILES string of the molecule is O=C[C@H](CCC(=O)O)NS(=O)(=O)Cc1ccccc1. The van der Waals surface area contributed by atoms with Crippen LogP contribution >= 0.6 is 0 Å². The van der Waals surface area contributed by atoms with E-state index in [0.29, 0.717) is 11.8 Å². The molecule has 0 unspecified atom stereocenters. The van der Waals surface area contributed by atoms with Crippen LogP contribution in [0, 0.1) is 0 Å². The van der Waals surface area contributed by atoms with Crippen molar-refractivity contribution < 1.29 is 23.1 Å². The number of carboxylic acid groups (broad SMARTS) is 1. The van der Waals surface area contributed by atoms with Gasteiger partial charge in [-0.2, -0.15) is 0 Å². The molecule has 7 heteroatoms. The lowest BCUT2D eigenvalue weighted by atomic mass is 10.2. The normalized spacial score (nSPS) is 12.8. The molecule has 19 heavy (non-hydrogen) atoms. The first kappa shape index (κ1) is 15.3. The molecular weight excluding hydrogens is 270 g/mol. The van der Waals surface area contributed by atoms with E-state index in [1.54, 1.807) is 30.3 Å². The molecule has 1 rings (SSSR count). The molecule has 0 aliphatic heterocycles. The summed E-state index contributed by atoms with van der Waals surface area (Å²) in [7, 11) is -3.67. The molecule has 2 N–H and O–H groups in total. The number of nitrogens with one attached hydrogen (secondary N) is 1. The van der Waals surface area contributed by atoms with Crippen molar-refractivity contribution in [1.29, 1.82) is 0 Å². The van der Waals surface area contributed by atoms with E-state index in [-0.39, 0.29) is 18.6 Å². The molecule has 0 bridgehead atoms. The maximum absolute atomic E-state index is 11.8. The Morgan fingerprint density at radius 1 is 1.32 bits per heavy atom. The fraction of sp³-hybridized carbons (Fsp3) is 0.333. The molecule has 6 nitrogen and oxygen atoms in total. The van der Waals surface area contributed by atoms with E-state index in [1.807, 2.05) is 0 Å². The van der Waals surface area contributed by atoms with Gasteiger partial charge in [0.25, 0.3) is 0 Å². The van der Waals surface area contributed by atoms with Crippen LogP contribution in [0.25, 0.3) is 0 Å². The van der Waals surface area contributed by atoms with E-state index >= 15 is 0 Å². The van der Waals surface area contributed by atoms with Gasteiger partial charge in [-0.05, 0) is 12.0 Å². The van der Waals surface area contributed by atoms with Crippen LogP contribution in [-0.2, 0) is 25.4 Å². The summed E-state index contributed by atoms with van der Waals surface area (Å²) in [5.41, 5.74) is 0.595. The average molecular weight is 285 g/mol. The van der Waals surface area contributed by atoms with Gasteiger partial charge in [-0.25, -0.2) is 13.1 Å². The molecule has 0 aliphatic carbocycles. The lowest BCUT2D eigenvalue weighted by Crippen LogP contribution is -2.37. The molecule has 1 aromatic carbocycles. The maximum atomic E-state index is 11.8.